The van der Waals surface area contributed by atoms with E-state index in [4.69, 9.17) is 9.47 Å². The van der Waals surface area contributed by atoms with Crippen molar-refractivity contribution in [3.8, 4) is 11.5 Å². The van der Waals surface area contributed by atoms with Crippen LogP contribution in [-0.2, 0) is 0 Å². The third-order valence-corrected chi connectivity index (χ3v) is 3.55. The second-order valence-corrected chi connectivity index (χ2v) is 5.04. The molecule has 3 rings (SSSR count). The van der Waals surface area contributed by atoms with E-state index in [1.807, 2.05) is 4.90 Å². The van der Waals surface area contributed by atoms with Gasteiger partial charge in [0, 0.05) is 31.7 Å². The van der Waals surface area contributed by atoms with Crippen molar-refractivity contribution in [3.05, 3.63) is 22.2 Å². The van der Waals surface area contributed by atoms with Crippen molar-refractivity contribution in [1.82, 2.24) is 5.32 Å². The largest absolute Gasteiger partial charge is 0.486 e. The maximum atomic E-state index is 11.3. The van der Waals surface area contributed by atoms with E-state index < -0.39 is 0 Å². The highest BCUT2D eigenvalue weighted by molar-refractivity contribution is 5.70. The molecule has 2 aliphatic heterocycles. The molecule has 7 heteroatoms. The smallest absolute Gasteiger partial charge is 0.296 e. The Morgan fingerprint density at radius 2 is 2.05 bits per heavy atom. The first-order valence-corrected chi connectivity index (χ1v) is 6.71. The van der Waals surface area contributed by atoms with E-state index in [1.54, 1.807) is 6.07 Å². The van der Waals surface area contributed by atoms with E-state index in [-0.39, 0.29) is 10.6 Å². The summed E-state index contributed by atoms with van der Waals surface area (Å²) in [5.74, 6) is 1.04. The number of hydrogen-bond donors (Lipinski definition) is 1. The number of anilines is 1. The minimum absolute atomic E-state index is 0.0725. The molecule has 0 radical (unpaired) electrons. The Kier molecular flexibility index (Phi) is 3.35. The van der Waals surface area contributed by atoms with Gasteiger partial charge in [-0.15, -0.1) is 0 Å². The number of fused-ring (bicyclic) bond motifs is 1. The number of piperazine rings is 1. The zero-order chi connectivity index (χ0) is 14.1. The number of nitrogens with zero attached hydrogens (tertiary/aromatic N) is 2. The van der Waals surface area contributed by atoms with Crippen LogP contribution in [0.15, 0.2) is 12.1 Å². The Hall–Kier alpha value is -2.02. The zero-order valence-electron chi connectivity index (χ0n) is 11.3. The predicted octanol–water partition coefficient (Wildman–Crippen LogP) is 1.16. The van der Waals surface area contributed by atoms with Crippen LogP contribution in [0.1, 0.15) is 6.92 Å². The molecule has 1 aromatic carbocycles. The highest BCUT2D eigenvalue weighted by Gasteiger charge is 2.27. The van der Waals surface area contributed by atoms with Gasteiger partial charge in [-0.25, -0.2) is 0 Å². The SMILES string of the molecule is C[C@H]1CN(c2cc3c(cc2[N+](=O)[O-])OCCO3)CCN1. The Labute approximate surface area is 116 Å². The number of rotatable bonds is 2. The number of ether oxygens (including phenoxy) is 2. The Morgan fingerprint density at radius 3 is 2.70 bits per heavy atom. The summed E-state index contributed by atoms with van der Waals surface area (Å²) in [6, 6.07) is 3.50. The molecule has 1 fully saturated rings. The summed E-state index contributed by atoms with van der Waals surface area (Å²) >= 11 is 0. The highest BCUT2D eigenvalue weighted by atomic mass is 16.6. The summed E-state index contributed by atoms with van der Waals surface area (Å²) in [7, 11) is 0. The van der Waals surface area contributed by atoms with E-state index in [1.165, 1.54) is 6.07 Å². The second-order valence-electron chi connectivity index (χ2n) is 5.04. The van der Waals surface area contributed by atoms with Crippen molar-refractivity contribution in [3.63, 3.8) is 0 Å². The van der Waals surface area contributed by atoms with Crippen LogP contribution in [0.4, 0.5) is 11.4 Å². The molecular weight excluding hydrogens is 262 g/mol. The average molecular weight is 279 g/mol. The summed E-state index contributed by atoms with van der Waals surface area (Å²) < 4.78 is 10.9. The molecule has 7 nitrogen and oxygen atoms in total. The Morgan fingerprint density at radius 1 is 1.35 bits per heavy atom. The normalized spacial score (nSPS) is 21.6. The number of hydrogen-bond acceptors (Lipinski definition) is 6. The van der Waals surface area contributed by atoms with Crippen molar-refractivity contribution in [2.24, 2.45) is 0 Å². The maximum Gasteiger partial charge on any atom is 0.296 e. The van der Waals surface area contributed by atoms with E-state index in [2.05, 4.69) is 12.2 Å². The first kappa shape index (κ1) is 13.0. The summed E-state index contributed by atoms with van der Waals surface area (Å²) in [6.07, 6.45) is 0. The van der Waals surface area contributed by atoms with Gasteiger partial charge in [0.2, 0.25) is 0 Å². The monoisotopic (exact) mass is 279 g/mol. The van der Waals surface area contributed by atoms with Gasteiger partial charge in [-0.1, -0.05) is 0 Å². The molecule has 0 aliphatic carbocycles. The predicted molar refractivity (Wildman–Crippen MR) is 73.8 cm³/mol. The standard InChI is InChI=1S/C13H17N3O4/c1-9-8-15(3-2-14-9)10-6-12-13(20-5-4-19-12)7-11(10)16(17)18/h6-7,9,14H,2-5,8H2,1H3/t9-/m0/s1. The minimum Gasteiger partial charge on any atom is -0.486 e. The number of nitrogens with one attached hydrogen (secondary N) is 1. The highest BCUT2D eigenvalue weighted by Crippen LogP contribution is 2.41. The molecule has 2 heterocycles. The van der Waals surface area contributed by atoms with Gasteiger partial charge in [0.05, 0.1) is 11.0 Å². The number of nitro groups is 1. The first-order chi connectivity index (χ1) is 9.65. The van der Waals surface area contributed by atoms with E-state index in [0.29, 0.717) is 36.4 Å². The van der Waals surface area contributed by atoms with Gasteiger partial charge >= 0.3 is 0 Å². The van der Waals surface area contributed by atoms with Crippen LogP contribution in [0.3, 0.4) is 0 Å². The van der Waals surface area contributed by atoms with Crippen LogP contribution in [0.5, 0.6) is 11.5 Å². The van der Waals surface area contributed by atoms with Gasteiger partial charge in [-0.05, 0) is 6.92 Å². The fourth-order valence-corrected chi connectivity index (χ4v) is 2.62. The molecule has 108 valence electrons. The van der Waals surface area contributed by atoms with Crippen molar-refractivity contribution in [2.45, 2.75) is 13.0 Å². The molecule has 1 N–H and O–H groups in total. The third-order valence-electron chi connectivity index (χ3n) is 3.55. The summed E-state index contributed by atoms with van der Waals surface area (Å²) in [6.45, 7) is 5.25. The molecule has 0 amide bonds. The fourth-order valence-electron chi connectivity index (χ4n) is 2.62. The summed E-state index contributed by atoms with van der Waals surface area (Å²) in [5, 5.41) is 14.6. The van der Waals surface area contributed by atoms with Crippen LogP contribution in [0.25, 0.3) is 0 Å². The quantitative estimate of drug-likeness (QED) is 0.646. The molecule has 1 aromatic rings. The summed E-state index contributed by atoms with van der Waals surface area (Å²) in [4.78, 5) is 13.0. The van der Waals surface area contributed by atoms with Crippen LogP contribution in [0.2, 0.25) is 0 Å². The second kappa shape index (κ2) is 5.16. The fraction of sp³-hybridized carbons (Fsp3) is 0.538. The molecule has 0 aromatic heterocycles. The van der Waals surface area contributed by atoms with Gasteiger partial charge in [0.1, 0.15) is 18.9 Å². The molecule has 1 atom stereocenters. The van der Waals surface area contributed by atoms with Gasteiger partial charge in [0.15, 0.2) is 11.5 Å². The van der Waals surface area contributed by atoms with Crippen molar-refractivity contribution >= 4 is 11.4 Å². The third kappa shape index (κ3) is 2.36. The first-order valence-electron chi connectivity index (χ1n) is 6.71. The molecule has 0 saturated carbocycles. The van der Waals surface area contributed by atoms with E-state index >= 15 is 0 Å². The average Bonchev–Trinajstić information content (AvgIpc) is 2.46. The number of nitro benzene ring substituents is 1. The molecule has 0 spiro atoms. The van der Waals surface area contributed by atoms with Crippen LogP contribution in [-0.4, -0.2) is 43.8 Å². The molecule has 2 aliphatic rings. The van der Waals surface area contributed by atoms with Crippen LogP contribution < -0.4 is 19.7 Å². The Balaban J connectivity index is 2.01. The van der Waals surface area contributed by atoms with Gasteiger partial charge in [-0.3, -0.25) is 10.1 Å². The van der Waals surface area contributed by atoms with Crippen LogP contribution >= 0.6 is 0 Å². The van der Waals surface area contributed by atoms with Gasteiger partial charge in [-0.2, -0.15) is 0 Å². The van der Waals surface area contributed by atoms with Crippen molar-refractivity contribution in [1.29, 1.82) is 0 Å². The lowest BCUT2D eigenvalue weighted by atomic mass is 10.1. The molecular formula is C13H17N3O4. The lowest BCUT2D eigenvalue weighted by Crippen LogP contribution is -2.49. The Bertz CT molecular complexity index is 535. The topological polar surface area (TPSA) is 76.9 Å². The van der Waals surface area contributed by atoms with Gasteiger partial charge < -0.3 is 19.7 Å². The maximum absolute atomic E-state index is 11.3. The lowest BCUT2D eigenvalue weighted by Gasteiger charge is -2.33. The van der Waals surface area contributed by atoms with Crippen molar-refractivity contribution < 1.29 is 14.4 Å². The minimum atomic E-state index is -0.361. The van der Waals surface area contributed by atoms with E-state index in [9.17, 15) is 10.1 Å². The van der Waals surface area contributed by atoms with E-state index in [0.717, 1.165) is 19.6 Å². The van der Waals surface area contributed by atoms with Gasteiger partial charge in [0.25, 0.3) is 5.69 Å². The molecule has 1 saturated heterocycles. The van der Waals surface area contributed by atoms with Crippen LogP contribution in [0, 0.1) is 10.1 Å². The number of benzene rings is 1. The zero-order valence-corrected chi connectivity index (χ0v) is 11.3. The summed E-state index contributed by atoms with van der Waals surface area (Å²) in [5.41, 5.74) is 0.677. The molecule has 0 bridgehead atoms. The molecule has 20 heavy (non-hydrogen) atoms. The van der Waals surface area contributed by atoms with Crippen molar-refractivity contribution in [2.75, 3.05) is 37.7 Å². The molecule has 0 unspecified atom stereocenters. The lowest BCUT2D eigenvalue weighted by molar-refractivity contribution is -0.384.